The second-order valence-electron chi connectivity index (χ2n) is 11.6. The predicted octanol–water partition coefficient (Wildman–Crippen LogP) is 8.99. The molecule has 0 bridgehead atoms. The lowest BCUT2D eigenvalue weighted by atomic mass is 9.99. The molecule has 4 aromatic carbocycles. The zero-order chi connectivity index (χ0) is 36.9. The molecule has 0 aromatic heterocycles. The number of hydrogen-bond donors (Lipinski definition) is 1. The molecule has 1 aliphatic heterocycles. The van der Waals surface area contributed by atoms with E-state index in [0.29, 0.717) is 30.0 Å². The first-order chi connectivity index (χ1) is 25.3. The summed E-state index contributed by atoms with van der Waals surface area (Å²) in [5.41, 5.74) is 4.76. The van der Waals surface area contributed by atoms with E-state index in [-0.39, 0.29) is 28.4 Å². The van der Waals surface area contributed by atoms with Crippen molar-refractivity contribution >= 4 is 63.3 Å². The molecule has 262 valence electrons. The molecule has 0 saturated carbocycles. The minimum atomic E-state index is -0.692. The molecule has 7 nitrogen and oxygen atoms in total. The van der Waals surface area contributed by atoms with E-state index in [1.165, 1.54) is 4.90 Å². The lowest BCUT2D eigenvalue weighted by Crippen LogP contribution is -2.42. The number of amides is 3. The number of nitrogens with zero attached hydrogens (tertiary/aromatic N) is 2. The quantitative estimate of drug-likeness (QED) is 0.0452. The van der Waals surface area contributed by atoms with Gasteiger partial charge in [0.05, 0.1) is 11.8 Å². The van der Waals surface area contributed by atoms with E-state index in [4.69, 9.17) is 4.74 Å². The van der Waals surface area contributed by atoms with E-state index in [1.807, 2.05) is 97.1 Å². The first kappa shape index (κ1) is 38.0. The predicted molar refractivity (Wildman–Crippen MR) is 220 cm³/mol. The Kier molecular flexibility index (Phi) is 13.7. The molecule has 3 amide bonds. The maximum Gasteiger partial charge on any atom is 0.285 e. The number of thioether (sulfide) groups is 1. The summed E-state index contributed by atoms with van der Waals surface area (Å²) in [6.07, 6.45) is 10.6. The highest BCUT2D eigenvalue weighted by molar-refractivity contribution is 14.1. The summed E-state index contributed by atoms with van der Waals surface area (Å²) in [5, 5.41) is 3.22. The Morgan fingerprint density at radius 1 is 0.962 bits per heavy atom. The van der Waals surface area contributed by atoms with E-state index in [2.05, 4.69) is 46.1 Å². The summed E-state index contributed by atoms with van der Waals surface area (Å²) in [6, 6.07) is 32.6. The molecule has 1 heterocycles. The minimum absolute atomic E-state index is 0.0815. The lowest BCUT2D eigenvalue weighted by Gasteiger charge is -2.28. The van der Waals surface area contributed by atoms with E-state index in [1.54, 1.807) is 49.4 Å². The normalized spacial score (nSPS) is 14.1. The molecule has 0 saturated heterocycles. The Labute approximate surface area is 322 Å². The van der Waals surface area contributed by atoms with Gasteiger partial charge in [0.1, 0.15) is 17.9 Å². The molecule has 5 rings (SSSR count). The smallest absolute Gasteiger partial charge is 0.285 e. The van der Waals surface area contributed by atoms with Gasteiger partial charge < -0.3 is 10.1 Å². The zero-order valence-electron chi connectivity index (χ0n) is 28.7. The Morgan fingerprint density at radius 2 is 1.63 bits per heavy atom. The van der Waals surface area contributed by atoms with Crippen LogP contribution in [0.4, 0.5) is 0 Å². The van der Waals surface area contributed by atoms with Crippen molar-refractivity contribution in [2.24, 2.45) is 4.99 Å². The van der Waals surface area contributed by atoms with Crippen LogP contribution in [0.25, 0.3) is 6.08 Å². The molecule has 0 fully saturated rings. The van der Waals surface area contributed by atoms with Gasteiger partial charge >= 0.3 is 0 Å². The summed E-state index contributed by atoms with van der Waals surface area (Å²) in [4.78, 5) is 46.8. The highest BCUT2D eigenvalue weighted by atomic mass is 127. The molecule has 52 heavy (non-hydrogen) atoms. The van der Waals surface area contributed by atoms with Gasteiger partial charge in [0, 0.05) is 9.27 Å². The molecular weight excluding hydrogens is 781 g/mol. The Hall–Kier alpha value is -5.26. The number of carbonyl (C=O) groups is 3. The molecule has 0 radical (unpaired) electrons. The molecule has 4 aromatic rings. The fourth-order valence-corrected chi connectivity index (χ4v) is 6.61. The average molecular weight is 820 g/mol. The Balaban J connectivity index is 1.40. The fourth-order valence-electron chi connectivity index (χ4n) is 5.45. The molecule has 0 unspecified atom stereocenters. The molecule has 9 heteroatoms. The van der Waals surface area contributed by atoms with Crippen LogP contribution in [0.5, 0.6) is 5.75 Å². The Morgan fingerprint density at radius 3 is 2.25 bits per heavy atom. The van der Waals surface area contributed by atoms with Gasteiger partial charge in [0.15, 0.2) is 5.17 Å². The van der Waals surface area contributed by atoms with Crippen molar-refractivity contribution in [3.05, 3.63) is 189 Å². The van der Waals surface area contributed by atoms with Crippen LogP contribution in [-0.4, -0.2) is 33.5 Å². The minimum Gasteiger partial charge on any atom is -0.489 e. The largest absolute Gasteiger partial charge is 0.489 e. The third-order valence-electron chi connectivity index (χ3n) is 7.98. The van der Waals surface area contributed by atoms with Gasteiger partial charge in [-0.3, -0.25) is 19.3 Å². The van der Waals surface area contributed by atoms with Crippen molar-refractivity contribution in [3.8, 4) is 5.75 Å². The van der Waals surface area contributed by atoms with E-state index < -0.39 is 11.8 Å². The van der Waals surface area contributed by atoms with Crippen LogP contribution < -0.4 is 10.1 Å². The van der Waals surface area contributed by atoms with Gasteiger partial charge in [-0.2, -0.15) is 4.99 Å². The fraction of sp³-hybridized carbons (Fsp3) is 0.116. The van der Waals surface area contributed by atoms with Gasteiger partial charge in [-0.15, -0.1) is 6.58 Å². The van der Waals surface area contributed by atoms with E-state index in [9.17, 15) is 14.4 Å². The Bertz CT molecular complexity index is 2020. The van der Waals surface area contributed by atoms with Gasteiger partial charge in [-0.05, 0) is 100 Å². The average Bonchev–Trinajstić information content (AvgIpc) is 3.16. The molecule has 0 spiro atoms. The summed E-state index contributed by atoms with van der Waals surface area (Å²) in [7, 11) is 0. The number of nitrogens with one attached hydrogen (secondary N) is 1. The monoisotopic (exact) mass is 819 g/mol. The SMILES string of the molecule is C=C/C=C\C(=C/C)N1C(=O)/C(=C/c2ccc(OCc3ccc(I)cc3)c(CC=C)c2)C(=O)N=C1SCC(=O)NC(c1ccccc1)c1ccccc1. The van der Waals surface area contributed by atoms with Crippen LogP contribution in [0.1, 0.15) is 40.8 Å². The number of halogens is 1. The molecule has 1 aliphatic rings. The van der Waals surface area contributed by atoms with Gasteiger partial charge in [0.25, 0.3) is 11.8 Å². The van der Waals surface area contributed by atoms with Crippen LogP contribution >= 0.6 is 34.4 Å². The number of carbonyl (C=O) groups excluding carboxylic acids is 3. The number of ether oxygens (including phenoxy) is 1. The molecular formula is C43H38IN3O4S. The highest BCUT2D eigenvalue weighted by Crippen LogP contribution is 2.29. The van der Waals surface area contributed by atoms with E-state index in [0.717, 1.165) is 37.6 Å². The van der Waals surface area contributed by atoms with Gasteiger partial charge in [-0.25, -0.2) is 0 Å². The third kappa shape index (κ3) is 9.95. The van der Waals surface area contributed by atoms with Crippen molar-refractivity contribution in [3.63, 3.8) is 0 Å². The summed E-state index contributed by atoms with van der Waals surface area (Å²) in [5.74, 6) is -0.925. The summed E-state index contributed by atoms with van der Waals surface area (Å²) in [6.45, 7) is 9.81. The molecule has 0 atom stereocenters. The second kappa shape index (κ2) is 18.8. The van der Waals surface area contributed by atoms with E-state index >= 15 is 0 Å². The zero-order valence-corrected chi connectivity index (χ0v) is 31.7. The lowest BCUT2D eigenvalue weighted by molar-refractivity contribution is -0.126. The third-order valence-corrected chi connectivity index (χ3v) is 9.64. The topological polar surface area (TPSA) is 88.1 Å². The number of amidine groups is 1. The molecule has 0 aliphatic carbocycles. The van der Waals surface area contributed by atoms with Crippen molar-refractivity contribution in [1.82, 2.24) is 10.2 Å². The van der Waals surface area contributed by atoms with Crippen LogP contribution in [0.3, 0.4) is 0 Å². The van der Waals surface area contributed by atoms with Gasteiger partial charge in [0.2, 0.25) is 5.91 Å². The van der Waals surface area contributed by atoms with Crippen molar-refractivity contribution in [1.29, 1.82) is 0 Å². The maximum absolute atomic E-state index is 14.2. The second-order valence-corrected chi connectivity index (χ2v) is 13.8. The molecule has 1 N–H and O–H groups in total. The highest BCUT2D eigenvalue weighted by Gasteiger charge is 2.35. The maximum atomic E-state index is 14.2. The standard InChI is InChI=1S/C43H38IN3O4S/c1-4-7-19-36(6-3)47-42(50)37(27-31-22-25-38(34(26-31)14-5-2)51-28-30-20-23-35(44)24-21-30)41(49)46-43(47)52-29-39(48)45-40(32-15-10-8-11-16-32)33-17-12-9-13-18-33/h4-13,15-27,40H,1-2,14,28-29H2,3H3,(H,45,48)/b19-7-,36-6+,37-27+. The summed E-state index contributed by atoms with van der Waals surface area (Å²) >= 11 is 3.29. The number of aliphatic imine (C=N–C) groups is 1. The number of rotatable bonds is 14. The van der Waals surface area contributed by atoms with Crippen molar-refractivity contribution < 1.29 is 19.1 Å². The first-order valence-corrected chi connectivity index (χ1v) is 18.7. The number of hydrogen-bond acceptors (Lipinski definition) is 5. The van der Waals surface area contributed by atoms with Gasteiger partial charge in [-0.1, -0.05) is 122 Å². The van der Waals surface area contributed by atoms with Crippen molar-refractivity contribution in [2.75, 3.05) is 5.75 Å². The van der Waals surface area contributed by atoms with Crippen LogP contribution in [0.15, 0.2) is 163 Å². The van der Waals surface area contributed by atoms with Crippen LogP contribution in [-0.2, 0) is 27.4 Å². The number of allylic oxidation sites excluding steroid dienone is 5. The number of benzene rings is 4. The first-order valence-electron chi connectivity index (χ1n) is 16.6. The van der Waals surface area contributed by atoms with Crippen LogP contribution in [0.2, 0.25) is 0 Å². The van der Waals surface area contributed by atoms with Crippen LogP contribution in [0, 0.1) is 3.57 Å². The van der Waals surface area contributed by atoms with Crippen molar-refractivity contribution in [2.45, 2.75) is 26.0 Å². The summed E-state index contributed by atoms with van der Waals surface area (Å²) < 4.78 is 7.29.